The lowest BCUT2D eigenvalue weighted by atomic mass is 10.00. The molecule has 49 heavy (non-hydrogen) atoms. The maximum atomic E-state index is 14.5. The lowest BCUT2D eigenvalue weighted by Crippen LogP contribution is -1.97. The smallest absolute Gasteiger partial charge is 0.346 e. The molecule has 0 bridgehead atoms. The van der Waals surface area contributed by atoms with Gasteiger partial charge in [0.15, 0.2) is 11.6 Å². The predicted octanol–water partition coefficient (Wildman–Crippen LogP) is 6.58. The second kappa shape index (κ2) is 11.6. The monoisotopic (exact) mass is 668 g/mol. The van der Waals surface area contributed by atoms with Gasteiger partial charge in [-0.2, -0.15) is 9.03 Å². The van der Waals surface area contributed by atoms with Crippen molar-refractivity contribution in [2.24, 2.45) is 0 Å². The van der Waals surface area contributed by atoms with Gasteiger partial charge in [-0.1, -0.05) is 22.3 Å². The van der Waals surface area contributed by atoms with Crippen LogP contribution in [0.1, 0.15) is 11.1 Å². The number of benzene rings is 4. The van der Waals surface area contributed by atoms with Gasteiger partial charge in [0.05, 0.1) is 36.5 Å². The normalized spacial score (nSPS) is 11.6. The van der Waals surface area contributed by atoms with E-state index in [0.717, 1.165) is 35.4 Å². The number of ether oxygens (including phenoxy) is 2. The highest BCUT2D eigenvalue weighted by Gasteiger charge is 2.23. The number of nitrogens with zero attached hydrogens (tertiary/aromatic N) is 8. The van der Waals surface area contributed by atoms with Crippen molar-refractivity contribution >= 4 is 11.7 Å². The topological polar surface area (TPSA) is 131 Å². The largest absolute Gasteiger partial charge is 0.496 e. The van der Waals surface area contributed by atoms with E-state index in [0.29, 0.717) is 29.0 Å². The number of aromatic nitrogens is 8. The molecule has 0 aliphatic carbocycles. The van der Waals surface area contributed by atoms with Crippen LogP contribution in [0.4, 0.5) is 17.6 Å². The molecule has 12 nitrogen and oxygen atoms in total. The van der Waals surface area contributed by atoms with Crippen LogP contribution in [0, 0.1) is 23.3 Å². The molecular formula is C33H20F4N8O4. The molecule has 4 aromatic heterocycles. The lowest BCUT2D eigenvalue weighted by Gasteiger charge is -2.10. The molecule has 244 valence electrons. The Kier molecular flexibility index (Phi) is 7.05. The molecule has 0 unspecified atom stereocenters. The summed E-state index contributed by atoms with van der Waals surface area (Å²) in [6.45, 7) is 0. The second-order valence-electron chi connectivity index (χ2n) is 10.7. The minimum absolute atomic E-state index is 0.000693. The fourth-order valence-corrected chi connectivity index (χ4v) is 5.43. The number of halogens is 4. The summed E-state index contributed by atoms with van der Waals surface area (Å²) in [6, 6.07) is 17.1. The molecule has 0 amide bonds. The standard InChI is InChI=1S/C33H20F4N8O4/c1-46-26-9-3-16(12-22(26)30-42-44-28(38-40-32(44)48-30)20-7-5-18(34)14-24(20)36)11-17-4-10-27(47-2)23(13-17)31-43-45-29(39-41-33(45)49-31)21-8-6-19(35)15-25(21)37/h3-10,12-15H,11H2,1-2H3. The van der Waals surface area contributed by atoms with Crippen LogP contribution in [-0.2, 0) is 6.42 Å². The van der Waals surface area contributed by atoms with Crippen LogP contribution < -0.4 is 9.47 Å². The molecule has 0 fully saturated rings. The minimum Gasteiger partial charge on any atom is -0.496 e. The van der Waals surface area contributed by atoms with Crippen LogP contribution in [0.2, 0.25) is 0 Å². The molecule has 8 aromatic rings. The first kappa shape index (κ1) is 29.8. The Bertz CT molecular complexity index is 2370. The first-order chi connectivity index (χ1) is 23.8. The van der Waals surface area contributed by atoms with Gasteiger partial charge < -0.3 is 18.3 Å². The Morgan fingerprint density at radius 1 is 0.551 bits per heavy atom. The van der Waals surface area contributed by atoms with Crippen LogP contribution in [0.3, 0.4) is 0 Å². The van der Waals surface area contributed by atoms with Crippen LogP contribution in [0.25, 0.3) is 57.4 Å². The first-order valence-electron chi connectivity index (χ1n) is 14.5. The molecule has 0 radical (unpaired) electrons. The molecule has 0 aliphatic rings. The van der Waals surface area contributed by atoms with Gasteiger partial charge in [-0.15, -0.1) is 20.4 Å². The third-order valence-electron chi connectivity index (χ3n) is 7.72. The summed E-state index contributed by atoms with van der Waals surface area (Å²) in [7, 11) is 3.00. The quantitative estimate of drug-likeness (QED) is 0.164. The first-order valence-corrected chi connectivity index (χ1v) is 14.5. The maximum absolute atomic E-state index is 14.5. The summed E-state index contributed by atoms with van der Waals surface area (Å²) < 4.78 is 81.4. The highest BCUT2D eigenvalue weighted by molar-refractivity contribution is 5.68. The summed E-state index contributed by atoms with van der Waals surface area (Å²) in [5.74, 6) is -1.86. The number of hydrogen-bond donors (Lipinski definition) is 0. The van der Waals surface area contributed by atoms with E-state index in [1.807, 2.05) is 24.3 Å². The lowest BCUT2D eigenvalue weighted by molar-refractivity contribution is 0.414. The fraction of sp³-hybridized carbons (Fsp3) is 0.0909. The molecular weight excluding hydrogens is 648 g/mol. The van der Waals surface area contributed by atoms with E-state index in [1.54, 1.807) is 12.1 Å². The highest BCUT2D eigenvalue weighted by Crippen LogP contribution is 2.35. The number of fused-ring (bicyclic) bond motifs is 2. The van der Waals surface area contributed by atoms with Gasteiger partial charge >= 0.3 is 11.7 Å². The Balaban J connectivity index is 1.13. The van der Waals surface area contributed by atoms with Crippen molar-refractivity contribution < 1.29 is 35.9 Å². The van der Waals surface area contributed by atoms with Crippen LogP contribution in [-0.4, -0.2) is 53.8 Å². The van der Waals surface area contributed by atoms with Gasteiger partial charge in [0.25, 0.3) is 11.8 Å². The Labute approximate surface area is 272 Å². The number of hydrogen-bond acceptors (Lipinski definition) is 10. The van der Waals surface area contributed by atoms with Crippen LogP contribution in [0.5, 0.6) is 11.5 Å². The zero-order chi connectivity index (χ0) is 33.8. The Hall–Kier alpha value is -6.58. The molecule has 0 aliphatic heterocycles. The Morgan fingerprint density at radius 3 is 1.41 bits per heavy atom. The molecule has 0 N–H and O–H groups in total. The molecule has 8 rings (SSSR count). The van der Waals surface area contributed by atoms with Gasteiger partial charge in [-0.05, 0) is 66.1 Å². The average Bonchev–Trinajstić information content (AvgIpc) is 3.87. The number of rotatable bonds is 8. The van der Waals surface area contributed by atoms with Crippen LogP contribution >= 0.6 is 0 Å². The molecule has 0 spiro atoms. The van der Waals surface area contributed by atoms with Crippen molar-refractivity contribution in [1.82, 2.24) is 39.6 Å². The number of methoxy groups -OCH3 is 2. The van der Waals surface area contributed by atoms with E-state index >= 15 is 0 Å². The zero-order valence-electron chi connectivity index (χ0n) is 25.4. The van der Waals surface area contributed by atoms with Gasteiger partial charge in [-0.25, -0.2) is 17.6 Å². The van der Waals surface area contributed by atoms with Gasteiger partial charge in [-0.3, -0.25) is 0 Å². The van der Waals surface area contributed by atoms with Crippen molar-refractivity contribution in [2.45, 2.75) is 6.42 Å². The predicted molar refractivity (Wildman–Crippen MR) is 164 cm³/mol. The summed E-state index contributed by atoms with van der Waals surface area (Å²) in [6.07, 6.45) is 0.421. The van der Waals surface area contributed by atoms with Crippen molar-refractivity contribution in [3.63, 3.8) is 0 Å². The zero-order valence-corrected chi connectivity index (χ0v) is 25.4. The molecule has 4 heterocycles. The maximum Gasteiger partial charge on any atom is 0.346 e. The third-order valence-corrected chi connectivity index (χ3v) is 7.72. The average molecular weight is 669 g/mol. The van der Waals surface area contributed by atoms with E-state index in [1.165, 1.54) is 35.4 Å². The van der Waals surface area contributed by atoms with Crippen molar-refractivity contribution in [1.29, 1.82) is 0 Å². The summed E-state index contributed by atoms with van der Waals surface area (Å²) in [5, 5.41) is 24.7. The Morgan fingerprint density at radius 2 is 1.00 bits per heavy atom. The van der Waals surface area contributed by atoms with E-state index < -0.39 is 23.3 Å². The van der Waals surface area contributed by atoms with Crippen molar-refractivity contribution in [3.05, 3.63) is 107 Å². The van der Waals surface area contributed by atoms with Crippen molar-refractivity contribution in [3.8, 4) is 57.2 Å². The third kappa shape index (κ3) is 5.18. The van der Waals surface area contributed by atoms with E-state index in [2.05, 4.69) is 30.6 Å². The van der Waals surface area contributed by atoms with E-state index in [4.69, 9.17) is 18.3 Å². The highest BCUT2D eigenvalue weighted by atomic mass is 19.1. The van der Waals surface area contributed by atoms with Crippen LogP contribution in [0.15, 0.2) is 81.6 Å². The summed E-state index contributed by atoms with van der Waals surface area (Å²) in [5.41, 5.74) is 2.66. The molecule has 0 atom stereocenters. The molecule has 4 aromatic carbocycles. The molecule has 0 saturated carbocycles. The minimum atomic E-state index is -0.824. The fourth-order valence-electron chi connectivity index (χ4n) is 5.43. The summed E-state index contributed by atoms with van der Waals surface area (Å²) in [4.78, 5) is 0. The molecule has 0 saturated heterocycles. The summed E-state index contributed by atoms with van der Waals surface area (Å²) >= 11 is 0. The SMILES string of the molecule is COc1ccc(Cc2ccc(OC)c(-c3nn4c(-c5ccc(F)cc5F)nnc4o3)c2)cc1-c1nn2c(-c3ccc(F)cc3F)nnc2o1. The van der Waals surface area contributed by atoms with E-state index in [-0.39, 0.29) is 46.2 Å². The van der Waals surface area contributed by atoms with Gasteiger partial charge in [0.1, 0.15) is 34.8 Å². The van der Waals surface area contributed by atoms with Crippen molar-refractivity contribution in [2.75, 3.05) is 14.2 Å². The van der Waals surface area contributed by atoms with Gasteiger partial charge in [0.2, 0.25) is 0 Å². The molecule has 16 heteroatoms. The van der Waals surface area contributed by atoms with E-state index in [9.17, 15) is 17.6 Å². The van der Waals surface area contributed by atoms with Gasteiger partial charge in [0, 0.05) is 12.1 Å². The second-order valence-corrected chi connectivity index (χ2v) is 10.7.